The van der Waals surface area contributed by atoms with Gasteiger partial charge < -0.3 is 0 Å². The summed E-state index contributed by atoms with van der Waals surface area (Å²) in [7, 11) is 0. The van der Waals surface area contributed by atoms with Crippen molar-refractivity contribution in [2.45, 2.75) is 74.1 Å². The molecule has 0 aliphatic heterocycles. The molecular formula is C17H32. The fourth-order valence-electron chi connectivity index (χ4n) is 6.36. The molecule has 2 rings (SSSR count). The highest BCUT2D eigenvalue weighted by atomic mass is 14.7. The Morgan fingerprint density at radius 3 is 1.29 bits per heavy atom. The summed E-state index contributed by atoms with van der Waals surface area (Å²) in [6.07, 6.45) is 5.78. The molecule has 2 aliphatic rings. The van der Waals surface area contributed by atoms with Crippen molar-refractivity contribution in [3.63, 3.8) is 0 Å². The van der Waals surface area contributed by atoms with E-state index >= 15 is 0 Å². The number of hydrogen-bond acceptors (Lipinski definition) is 0. The third-order valence-corrected chi connectivity index (χ3v) is 6.86. The molecule has 0 aromatic rings. The first-order chi connectivity index (χ1) is 7.65. The fourth-order valence-corrected chi connectivity index (χ4v) is 6.36. The first-order valence-electron chi connectivity index (χ1n) is 7.65. The normalized spacial score (nSPS) is 55.1. The van der Waals surface area contributed by atoms with E-state index in [-0.39, 0.29) is 0 Å². The minimum atomic E-state index is 0.527. The Balaban J connectivity index is 2.51. The largest absolute Gasteiger partial charge is 0.0625 e. The van der Waals surface area contributed by atoms with Gasteiger partial charge in [0, 0.05) is 0 Å². The van der Waals surface area contributed by atoms with Crippen molar-refractivity contribution in [2.24, 2.45) is 34.0 Å². The Morgan fingerprint density at radius 1 is 0.765 bits per heavy atom. The van der Waals surface area contributed by atoms with Gasteiger partial charge in [0.05, 0.1) is 0 Å². The molecule has 2 bridgehead atoms. The summed E-state index contributed by atoms with van der Waals surface area (Å²) in [5.41, 5.74) is 1.65. The monoisotopic (exact) mass is 236 g/mol. The smallest absolute Gasteiger partial charge is 0.0195 e. The van der Waals surface area contributed by atoms with Crippen molar-refractivity contribution in [3.05, 3.63) is 0 Å². The van der Waals surface area contributed by atoms with Gasteiger partial charge in [-0.05, 0) is 59.7 Å². The van der Waals surface area contributed by atoms with E-state index in [1.165, 1.54) is 25.7 Å². The van der Waals surface area contributed by atoms with Crippen LogP contribution in [0.4, 0.5) is 0 Å². The topological polar surface area (TPSA) is 0 Å². The summed E-state index contributed by atoms with van der Waals surface area (Å²) < 4.78 is 0. The summed E-state index contributed by atoms with van der Waals surface area (Å²) in [4.78, 5) is 0. The fraction of sp³-hybridized carbons (Fsp3) is 1.00. The molecule has 0 heteroatoms. The molecule has 0 nitrogen and oxygen atoms in total. The van der Waals surface area contributed by atoms with Crippen LogP contribution in [0.15, 0.2) is 0 Å². The SMILES string of the molecule is CC1CC2(C)CC(C)CC(C)(C1)C2(C)C(C)C. The van der Waals surface area contributed by atoms with Gasteiger partial charge in [0.1, 0.15) is 0 Å². The first kappa shape index (κ1) is 13.4. The maximum Gasteiger partial charge on any atom is -0.0195 e. The van der Waals surface area contributed by atoms with Crippen LogP contribution in [0.2, 0.25) is 0 Å². The van der Waals surface area contributed by atoms with Gasteiger partial charge in [-0.25, -0.2) is 0 Å². The zero-order chi connectivity index (χ0) is 13.1. The van der Waals surface area contributed by atoms with E-state index in [4.69, 9.17) is 0 Å². The van der Waals surface area contributed by atoms with Gasteiger partial charge in [0.2, 0.25) is 0 Å². The zero-order valence-corrected chi connectivity index (χ0v) is 13.1. The predicted molar refractivity (Wildman–Crippen MR) is 76.0 cm³/mol. The highest BCUT2D eigenvalue weighted by Gasteiger charge is 2.63. The minimum Gasteiger partial charge on any atom is -0.0625 e. The van der Waals surface area contributed by atoms with Crippen molar-refractivity contribution in [1.82, 2.24) is 0 Å². The first-order valence-corrected chi connectivity index (χ1v) is 7.65. The summed E-state index contributed by atoms with van der Waals surface area (Å²) in [5, 5.41) is 0. The van der Waals surface area contributed by atoms with E-state index in [0.717, 1.165) is 17.8 Å². The maximum atomic E-state index is 2.61. The van der Waals surface area contributed by atoms with E-state index in [2.05, 4.69) is 48.5 Å². The van der Waals surface area contributed by atoms with Gasteiger partial charge >= 0.3 is 0 Å². The van der Waals surface area contributed by atoms with Gasteiger partial charge in [0.25, 0.3) is 0 Å². The molecule has 0 N–H and O–H groups in total. The second-order valence-electron chi connectivity index (χ2n) is 8.51. The molecule has 0 radical (unpaired) electrons. The van der Waals surface area contributed by atoms with Crippen LogP contribution < -0.4 is 0 Å². The molecule has 0 unspecified atom stereocenters. The van der Waals surface area contributed by atoms with Gasteiger partial charge in [-0.1, -0.05) is 48.5 Å². The van der Waals surface area contributed by atoms with E-state index in [9.17, 15) is 0 Å². The number of fused-ring (bicyclic) bond motifs is 2. The molecule has 2 fully saturated rings. The lowest BCUT2D eigenvalue weighted by Crippen LogP contribution is -2.61. The number of rotatable bonds is 1. The minimum absolute atomic E-state index is 0.527. The second-order valence-corrected chi connectivity index (χ2v) is 8.51. The van der Waals surface area contributed by atoms with E-state index in [1.807, 2.05) is 0 Å². The van der Waals surface area contributed by atoms with Crippen LogP contribution in [0.25, 0.3) is 0 Å². The van der Waals surface area contributed by atoms with Gasteiger partial charge in [-0.15, -0.1) is 0 Å². The quantitative estimate of drug-likeness (QED) is 0.562. The standard InChI is InChI=1S/C17H32/c1-12(2)17(7)15(5)8-13(3)9-16(17,6)11-14(4)10-15/h12-14H,8-11H2,1-7H3. The molecule has 100 valence electrons. The van der Waals surface area contributed by atoms with E-state index < -0.39 is 0 Å². The third kappa shape index (κ3) is 1.62. The Hall–Kier alpha value is 0. The Kier molecular flexibility index (Phi) is 2.96. The van der Waals surface area contributed by atoms with Crippen LogP contribution in [0.5, 0.6) is 0 Å². The predicted octanol–water partition coefficient (Wildman–Crippen LogP) is 5.52. The van der Waals surface area contributed by atoms with Crippen molar-refractivity contribution in [1.29, 1.82) is 0 Å². The molecule has 2 aliphatic carbocycles. The van der Waals surface area contributed by atoms with Crippen molar-refractivity contribution in [2.75, 3.05) is 0 Å². The van der Waals surface area contributed by atoms with Crippen LogP contribution in [0.1, 0.15) is 74.1 Å². The third-order valence-electron chi connectivity index (χ3n) is 6.86. The summed E-state index contributed by atoms with van der Waals surface area (Å²) in [6.45, 7) is 17.7. The highest BCUT2D eigenvalue weighted by Crippen LogP contribution is 2.71. The molecule has 2 saturated carbocycles. The van der Waals surface area contributed by atoms with Crippen LogP contribution in [0.3, 0.4) is 0 Å². The molecule has 0 aromatic carbocycles. The van der Waals surface area contributed by atoms with Crippen LogP contribution in [0, 0.1) is 34.0 Å². The molecule has 0 amide bonds. The molecule has 17 heavy (non-hydrogen) atoms. The van der Waals surface area contributed by atoms with Crippen molar-refractivity contribution >= 4 is 0 Å². The highest BCUT2D eigenvalue weighted by molar-refractivity contribution is 5.12. The summed E-state index contributed by atoms with van der Waals surface area (Å²) >= 11 is 0. The van der Waals surface area contributed by atoms with Gasteiger partial charge in [0.15, 0.2) is 0 Å². The lowest BCUT2D eigenvalue weighted by molar-refractivity contribution is -0.195. The van der Waals surface area contributed by atoms with Crippen LogP contribution in [-0.2, 0) is 0 Å². The molecule has 0 saturated heterocycles. The van der Waals surface area contributed by atoms with E-state index in [0.29, 0.717) is 16.2 Å². The zero-order valence-electron chi connectivity index (χ0n) is 13.1. The van der Waals surface area contributed by atoms with Crippen molar-refractivity contribution < 1.29 is 0 Å². The van der Waals surface area contributed by atoms with Crippen LogP contribution >= 0.6 is 0 Å². The summed E-state index contributed by atoms with van der Waals surface area (Å²) in [6, 6.07) is 0. The molecule has 0 heterocycles. The molecular weight excluding hydrogens is 204 g/mol. The lowest BCUT2D eigenvalue weighted by Gasteiger charge is -2.68. The van der Waals surface area contributed by atoms with Gasteiger partial charge in [-0.2, -0.15) is 0 Å². The second kappa shape index (κ2) is 3.75. The lowest BCUT2D eigenvalue weighted by atomic mass is 9.36. The molecule has 0 aromatic heterocycles. The average molecular weight is 236 g/mol. The Morgan fingerprint density at radius 2 is 1.06 bits per heavy atom. The van der Waals surface area contributed by atoms with Crippen LogP contribution in [-0.4, -0.2) is 0 Å². The Bertz CT molecular complexity index is 263. The Labute approximate surface area is 109 Å². The summed E-state index contributed by atoms with van der Waals surface area (Å²) in [5.74, 6) is 2.64. The average Bonchev–Trinajstić information content (AvgIpc) is 2.09. The molecule has 0 spiro atoms. The van der Waals surface area contributed by atoms with E-state index in [1.54, 1.807) is 0 Å². The molecule has 0 atom stereocenters. The van der Waals surface area contributed by atoms with Crippen molar-refractivity contribution in [3.8, 4) is 0 Å². The van der Waals surface area contributed by atoms with Gasteiger partial charge in [-0.3, -0.25) is 0 Å². The number of hydrogen-bond donors (Lipinski definition) is 0. The maximum absolute atomic E-state index is 2.61.